The van der Waals surface area contributed by atoms with Crippen LogP contribution in [-0.2, 0) is 10.2 Å². The highest BCUT2D eigenvalue weighted by Gasteiger charge is 2.53. The number of hydrogen-bond donors (Lipinski definition) is 1. The van der Waals surface area contributed by atoms with E-state index in [1.165, 1.54) is 17.3 Å². The summed E-state index contributed by atoms with van der Waals surface area (Å²) in [5.74, 6) is -0.268. The lowest BCUT2D eigenvalue weighted by molar-refractivity contribution is -0.150. The highest BCUT2D eigenvalue weighted by molar-refractivity contribution is 5.71. The van der Waals surface area contributed by atoms with Crippen molar-refractivity contribution in [2.75, 3.05) is 32.7 Å². The van der Waals surface area contributed by atoms with E-state index >= 15 is 0 Å². The monoisotopic (exact) mass is 560 g/mol. The Morgan fingerprint density at radius 2 is 1.90 bits per heavy atom. The van der Waals surface area contributed by atoms with Crippen LogP contribution in [0.25, 0.3) is 5.65 Å². The van der Waals surface area contributed by atoms with Crippen LogP contribution in [0.1, 0.15) is 88.5 Å². The van der Waals surface area contributed by atoms with Gasteiger partial charge in [-0.3, -0.25) is 9.69 Å². The van der Waals surface area contributed by atoms with Crippen LogP contribution in [0.15, 0.2) is 48.8 Å². The minimum Gasteiger partial charge on any atom is -0.481 e. The summed E-state index contributed by atoms with van der Waals surface area (Å²) in [5, 5.41) is 9.92. The van der Waals surface area contributed by atoms with Gasteiger partial charge in [0.1, 0.15) is 11.5 Å². The molecule has 3 fully saturated rings. The van der Waals surface area contributed by atoms with Crippen molar-refractivity contribution in [1.29, 1.82) is 0 Å². The van der Waals surface area contributed by atoms with Crippen LogP contribution in [0.3, 0.4) is 0 Å². The second-order valence-corrected chi connectivity index (χ2v) is 14.0. The lowest BCUT2D eigenvalue weighted by Gasteiger charge is -2.51. The van der Waals surface area contributed by atoms with E-state index in [-0.39, 0.29) is 22.7 Å². The summed E-state index contributed by atoms with van der Waals surface area (Å²) in [6, 6.07) is 11.5. The van der Waals surface area contributed by atoms with Gasteiger partial charge >= 0.3 is 5.97 Å². The number of hydrogen-bond acceptors (Lipinski definition) is 4. The van der Waals surface area contributed by atoms with Gasteiger partial charge in [-0.15, -0.1) is 0 Å². The second kappa shape index (κ2) is 10.8. The average molecular weight is 561 g/mol. The molecule has 41 heavy (non-hydrogen) atoms. The minimum absolute atomic E-state index is 0.0995. The maximum Gasteiger partial charge on any atom is 0.308 e. The summed E-state index contributed by atoms with van der Waals surface area (Å²) in [6.07, 6.45) is 9.40. The third kappa shape index (κ3) is 5.32. The number of imidazole rings is 1. The molecule has 0 bridgehead atoms. The highest BCUT2D eigenvalue weighted by Crippen LogP contribution is 2.49. The fourth-order valence-corrected chi connectivity index (χ4v) is 7.84. The van der Waals surface area contributed by atoms with E-state index in [0.29, 0.717) is 11.8 Å². The number of halogens is 1. The molecule has 2 aromatic heterocycles. The topological polar surface area (TPSA) is 61.1 Å². The zero-order valence-corrected chi connectivity index (χ0v) is 25.0. The molecule has 3 atom stereocenters. The Hall–Kier alpha value is -2.77. The number of carboxylic acids is 1. The van der Waals surface area contributed by atoms with Gasteiger partial charge in [0.25, 0.3) is 0 Å². The van der Waals surface area contributed by atoms with Crippen LogP contribution in [0.4, 0.5) is 4.39 Å². The van der Waals surface area contributed by atoms with Crippen molar-refractivity contribution in [3.8, 4) is 0 Å². The summed E-state index contributed by atoms with van der Waals surface area (Å²) in [5.41, 5.74) is 4.51. The number of carbonyl (C=O) groups is 1. The Labute approximate surface area is 243 Å². The quantitative estimate of drug-likeness (QED) is 0.367. The maximum atomic E-state index is 14.3. The lowest BCUT2D eigenvalue weighted by Crippen LogP contribution is -2.59. The Kier molecular flexibility index (Phi) is 7.48. The van der Waals surface area contributed by atoms with Crippen LogP contribution >= 0.6 is 0 Å². The summed E-state index contributed by atoms with van der Waals surface area (Å²) in [4.78, 5) is 21.9. The number of aromatic nitrogens is 2. The van der Waals surface area contributed by atoms with Gasteiger partial charge in [0, 0.05) is 55.1 Å². The molecule has 6 rings (SSSR count). The zero-order valence-electron chi connectivity index (χ0n) is 25.0. The summed E-state index contributed by atoms with van der Waals surface area (Å²) < 4.78 is 16.6. The van der Waals surface area contributed by atoms with E-state index in [9.17, 15) is 14.3 Å². The molecule has 7 heteroatoms. The number of piperidine rings is 1. The molecule has 1 aromatic carbocycles. The predicted octanol–water partition coefficient (Wildman–Crippen LogP) is 6.31. The van der Waals surface area contributed by atoms with Gasteiger partial charge in [0.15, 0.2) is 0 Å². The maximum absolute atomic E-state index is 14.3. The summed E-state index contributed by atoms with van der Waals surface area (Å²) >= 11 is 0. The van der Waals surface area contributed by atoms with Crippen molar-refractivity contribution in [2.24, 2.45) is 11.8 Å². The Morgan fingerprint density at radius 3 is 2.54 bits per heavy atom. The van der Waals surface area contributed by atoms with Crippen LogP contribution in [-0.4, -0.2) is 68.5 Å². The highest BCUT2D eigenvalue weighted by atomic mass is 19.1. The fraction of sp³-hybridized carbons (Fsp3) is 0.588. The third-order valence-electron chi connectivity index (χ3n) is 10.6. The van der Waals surface area contributed by atoms with Crippen LogP contribution in [0.2, 0.25) is 0 Å². The van der Waals surface area contributed by atoms with Gasteiger partial charge in [0.2, 0.25) is 0 Å². The number of benzene rings is 1. The van der Waals surface area contributed by atoms with Gasteiger partial charge in [-0.25, -0.2) is 9.37 Å². The molecule has 6 nitrogen and oxygen atoms in total. The molecule has 3 aromatic rings. The number of fused-ring (bicyclic) bond motifs is 1. The molecule has 1 aliphatic carbocycles. The van der Waals surface area contributed by atoms with Gasteiger partial charge in [0.05, 0.1) is 5.92 Å². The van der Waals surface area contributed by atoms with E-state index in [4.69, 9.17) is 4.98 Å². The van der Waals surface area contributed by atoms with Crippen molar-refractivity contribution in [3.05, 3.63) is 71.4 Å². The van der Waals surface area contributed by atoms with E-state index in [1.54, 1.807) is 6.07 Å². The molecule has 0 radical (unpaired) electrons. The first-order valence-electron chi connectivity index (χ1n) is 15.5. The Bertz CT molecular complexity index is 1400. The first-order chi connectivity index (χ1) is 19.5. The molecular weight excluding hydrogens is 515 g/mol. The predicted molar refractivity (Wildman–Crippen MR) is 160 cm³/mol. The third-order valence-corrected chi connectivity index (χ3v) is 10.6. The summed E-state index contributed by atoms with van der Waals surface area (Å²) in [7, 11) is 0. The molecule has 3 unspecified atom stereocenters. The van der Waals surface area contributed by atoms with Gasteiger partial charge in [-0.2, -0.15) is 0 Å². The fourth-order valence-electron chi connectivity index (χ4n) is 7.84. The first kappa shape index (κ1) is 28.4. The lowest BCUT2D eigenvalue weighted by atomic mass is 9.67. The van der Waals surface area contributed by atoms with Crippen molar-refractivity contribution in [1.82, 2.24) is 19.2 Å². The molecule has 0 amide bonds. The number of rotatable bonds is 7. The van der Waals surface area contributed by atoms with Gasteiger partial charge < -0.3 is 14.4 Å². The zero-order chi connectivity index (χ0) is 28.9. The van der Waals surface area contributed by atoms with Crippen molar-refractivity contribution < 1.29 is 14.3 Å². The molecule has 2 aliphatic heterocycles. The van der Waals surface area contributed by atoms with E-state index in [1.807, 2.05) is 13.0 Å². The minimum atomic E-state index is -0.709. The normalized spacial score (nSPS) is 24.9. The van der Waals surface area contributed by atoms with E-state index < -0.39 is 11.9 Å². The van der Waals surface area contributed by atoms with Gasteiger partial charge in [-0.1, -0.05) is 39.8 Å². The molecular formula is C34H45FN4O2. The molecule has 4 heterocycles. The number of pyridine rings is 1. The smallest absolute Gasteiger partial charge is 0.308 e. The largest absolute Gasteiger partial charge is 0.481 e. The van der Waals surface area contributed by atoms with Crippen molar-refractivity contribution >= 4 is 11.6 Å². The van der Waals surface area contributed by atoms with Crippen LogP contribution < -0.4 is 0 Å². The Balaban J connectivity index is 1.16. The number of aliphatic carboxylic acids is 1. The van der Waals surface area contributed by atoms with Gasteiger partial charge in [-0.05, 0) is 91.9 Å². The standard InChI is InChI=1S/C34H45FN4O2/c1-23(32(40)41)34(12-6-13-34)38-21-26(29(22-38)25-7-5-8-28(35)17-25)20-37-14-9-24(10-15-37)30-19-36-31-18-27(33(2,3)4)11-16-39(30)31/h5,7-8,11,16-19,23-24,26,29H,6,9-10,12-15,20-22H2,1-4H3,(H,40,41). The van der Waals surface area contributed by atoms with Crippen LogP contribution in [0.5, 0.6) is 0 Å². The molecule has 1 saturated carbocycles. The van der Waals surface area contributed by atoms with Crippen LogP contribution in [0, 0.1) is 17.7 Å². The van der Waals surface area contributed by atoms with Crippen molar-refractivity contribution in [3.63, 3.8) is 0 Å². The molecule has 2 saturated heterocycles. The molecule has 220 valence electrons. The SMILES string of the molecule is CC(C(=O)O)C1(N2CC(CN3CCC(c4cnc5cc(C(C)(C)C)ccn45)CC3)C(c3cccc(F)c3)C2)CCC1. The Morgan fingerprint density at radius 1 is 1.15 bits per heavy atom. The summed E-state index contributed by atoms with van der Waals surface area (Å²) in [6.45, 7) is 13.3. The number of nitrogens with zero attached hydrogens (tertiary/aromatic N) is 4. The number of carboxylic acid groups (broad SMARTS) is 1. The van der Waals surface area contributed by atoms with Crippen molar-refractivity contribution in [2.45, 2.75) is 82.6 Å². The van der Waals surface area contributed by atoms with E-state index in [0.717, 1.165) is 76.0 Å². The molecule has 0 spiro atoms. The van der Waals surface area contributed by atoms with E-state index in [2.05, 4.69) is 65.6 Å². The molecule has 3 aliphatic rings. The number of likely N-dealkylation sites (tertiary alicyclic amines) is 2. The first-order valence-corrected chi connectivity index (χ1v) is 15.5. The second-order valence-electron chi connectivity index (χ2n) is 14.0. The average Bonchev–Trinajstić information content (AvgIpc) is 3.52. The molecule has 1 N–H and O–H groups in total.